The predicted octanol–water partition coefficient (Wildman–Crippen LogP) is 0.292. The summed E-state index contributed by atoms with van der Waals surface area (Å²) in [5, 5.41) is 2.88. The molecule has 0 aliphatic carbocycles. The standard InChI is InChI=1S/C13H20N4O/c1-10(14)13(11-4-2-5-15-8-11)17-7-3-6-16-12(18)9-17/h2,4-5,8,10,13H,3,6-7,9,14H2,1H3,(H,16,18). The maximum absolute atomic E-state index is 11.6. The van der Waals surface area contributed by atoms with Crippen LogP contribution >= 0.6 is 0 Å². The van der Waals surface area contributed by atoms with Crippen molar-refractivity contribution in [3.63, 3.8) is 0 Å². The summed E-state index contributed by atoms with van der Waals surface area (Å²) in [7, 11) is 0. The van der Waals surface area contributed by atoms with Crippen molar-refractivity contribution in [3.05, 3.63) is 30.1 Å². The average Bonchev–Trinajstić information content (AvgIpc) is 2.55. The second-order valence-electron chi connectivity index (χ2n) is 4.76. The highest BCUT2D eigenvalue weighted by Crippen LogP contribution is 2.23. The van der Waals surface area contributed by atoms with Crippen molar-refractivity contribution in [2.24, 2.45) is 5.73 Å². The van der Waals surface area contributed by atoms with Crippen LogP contribution in [0.1, 0.15) is 24.9 Å². The zero-order valence-electron chi connectivity index (χ0n) is 10.7. The first-order chi connectivity index (χ1) is 8.68. The van der Waals surface area contributed by atoms with Crippen LogP contribution in [0.3, 0.4) is 0 Å². The van der Waals surface area contributed by atoms with Gasteiger partial charge < -0.3 is 11.1 Å². The van der Waals surface area contributed by atoms with Gasteiger partial charge in [0.05, 0.1) is 12.6 Å². The lowest BCUT2D eigenvalue weighted by molar-refractivity contribution is -0.122. The quantitative estimate of drug-likeness (QED) is 0.806. The highest BCUT2D eigenvalue weighted by atomic mass is 16.2. The third-order valence-corrected chi connectivity index (χ3v) is 3.21. The molecular weight excluding hydrogens is 228 g/mol. The maximum atomic E-state index is 11.6. The number of hydrogen-bond acceptors (Lipinski definition) is 4. The molecule has 0 radical (unpaired) electrons. The van der Waals surface area contributed by atoms with Crippen LogP contribution in [-0.2, 0) is 4.79 Å². The lowest BCUT2D eigenvalue weighted by Crippen LogP contribution is -2.42. The van der Waals surface area contributed by atoms with Crippen LogP contribution < -0.4 is 11.1 Å². The fourth-order valence-corrected chi connectivity index (χ4v) is 2.46. The number of aromatic nitrogens is 1. The SMILES string of the molecule is CC(N)C(c1cccnc1)N1CCCNC(=O)C1. The number of nitrogens with one attached hydrogen (secondary N) is 1. The number of nitrogens with zero attached hydrogens (tertiary/aromatic N) is 2. The third kappa shape index (κ3) is 3.05. The molecule has 2 rings (SSSR count). The van der Waals surface area contributed by atoms with Gasteiger partial charge in [0.1, 0.15) is 0 Å². The van der Waals surface area contributed by atoms with Crippen LogP contribution in [0.4, 0.5) is 0 Å². The van der Waals surface area contributed by atoms with Gasteiger partial charge in [0.2, 0.25) is 5.91 Å². The largest absolute Gasteiger partial charge is 0.355 e. The number of pyridine rings is 1. The zero-order chi connectivity index (χ0) is 13.0. The van der Waals surface area contributed by atoms with E-state index in [9.17, 15) is 4.79 Å². The second kappa shape index (κ2) is 5.93. The van der Waals surface area contributed by atoms with E-state index in [-0.39, 0.29) is 18.0 Å². The van der Waals surface area contributed by atoms with Crippen molar-refractivity contribution in [3.8, 4) is 0 Å². The Labute approximate surface area is 107 Å². The molecule has 1 aromatic heterocycles. The fraction of sp³-hybridized carbons (Fsp3) is 0.538. The van der Waals surface area contributed by atoms with Crippen LogP contribution in [0.25, 0.3) is 0 Å². The van der Waals surface area contributed by atoms with E-state index in [1.54, 1.807) is 6.20 Å². The molecule has 18 heavy (non-hydrogen) atoms. The van der Waals surface area contributed by atoms with E-state index in [2.05, 4.69) is 15.2 Å². The lowest BCUT2D eigenvalue weighted by Gasteiger charge is -2.32. The minimum atomic E-state index is -0.0416. The Hall–Kier alpha value is -1.46. The van der Waals surface area contributed by atoms with Gasteiger partial charge in [0, 0.05) is 31.5 Å². The minimum Gasteiger partial charge on any atom is -0.355 e. The Morgan fingerprint density at radius 2 is 2.39 bits per heavy atom. The molecular formula is C13H20N4O. The van der Waals surface area contributed by atoms with Gasteiger partial charge in [0.25, 0.3) is 0 Å². The summed E-state index contributed by atoms with van der Waals surface area (Å²) >= 11 is 0. The van der Waals surface area contributed by atoms with Gasteiger partial charge in [-0.1, -0.05) is 6.07 Å². The van der Waals surface area contributed by atoms with Crippen molar-refractivity contribution in [1.29, 1.82) is 0 Å². The first-order valence-corrected chi connectivity index (χ1v) is 6.34. The van der Waals surface area contributed by atoms with E-state index < -0.39 is 0 Å². The van der Waals surface area contributed by atoms with Crippen LogP contribution in [0.15, 0.2) is 24.5 Å². The van der Waals surface area contributed by atoms with E-state index in [1.165, 1.54) is 0 Å². The number of carbonyl (C=O) groups excluding carboxylic acids is 1. The van der Waals surface area contributed by atoms with E-state index in [0.29, 0.717) is 6.54 Å². The Kier molecular flexibility index (Phi) is 4.28. The molecule has 1 aliphatic heterocycles. The maximum Gasteiger partial charge on any atom is 0.234 e. The summed E-state index contributed by atoms with van der Waals surface area (Å²) in [5.74, 6) is 0.0713. The van der Waals surface area contributed by atoms with Gasteiger partial charge >= 0.3 is 0 Å². The van der Waals surface area contributed by atoms with Crippen LogP contribution in [-0.4, -0.2) is 41.5 Å². The Morgan fingerprint density at radius 3 is 3.06 bits per heavy atom. The van der Waals surface area contributed by atoms with Crippen molar-refractivity contribution < 1.29 is 4.79 Å². The zero-order valence-corrected chi connectivity index (χ0v) is 10.7. The number of nitrogens with two attached hydrogens (primary N) is 1. The minimum absolute atomic E-state index is 0.0416. The van der Waals surface area contributed by atoms with Crippen LogP contribution in [0.5, 0.6) is 0 Å². The molecule has 1 amide bonds. The van der Waals surface area contributed by atoms with Crippen molar-refractivity contribution >= 4 is 5.91 Å². The van der Waals surface area contributed by atoms with Crippen LogP contribution in [0, 0.1) is 0 Å². The molecule has 1 aromatic rings. The highest BCUT2D eigenvalue weighted by molar-refractivity contribution is 5.78. The number of hydrogen-bond donors (Lipinski definition) is 2. The molecule has 1 fully saturated rings. The predicted molar refractivity (Wildman–Crippen MR) is 69.8 cm³/mol. The van der Waals surface area contributed by atoms with Gasteiger partial charge in [-0.3, -0.25) is 14.7 Å². The highest BCUT2D eigenvalue weighted by Gasteiger charge is 2.27. The van der Waals surface area contributed by atoms with Crippen molar-refractivity contribution in [2.45, 2.75) is 25.4 Å². The molecule has 1 aliphatic rings. The van der Waals surface area contributed by atoms with Crippen molar-refractivity contribution in [2.75, 3.05) is 19.6 Å². The molecule has 2 unspecified atom stereocenters. The van der Waals surface area contributed by atoms with E-state index in [4.69, 9.17) is 5.73 Å². The van der Waals surface area contributed by atoms with Gasteiger partial charge in [-0.05, 0) is 25.0 Å². The molecule has 0 saturated carbocycles. The first kappa shape index (κ1) is 13.0. The van der Waals surface area contributed by atoms with Gasteiger partial charge in [-0.25, -0.2) is 0 Å². The topological polar surface area (TPSA) is 71.2 Å². The lowest BCUT2D eigenvalue weighted by atomic mass is 10.0. The molecule has 3 N–H and O–H groups in total. The van der Waals surface area contributed by atoms with E-state index in [0.717, 1.165) is 25.1 Å². The molecule has 2 atom stereocenters. The number of amides is 1. The summed E-state index contributed by atoms with van der Waals surface area (Å²) in [4.78, 5) is 17.9. The molecule has 1 saturated heterocycles. The molecule has 5 heteroatoms. The van der Waals surface area contributed by atoms with Gasteiger partial charge in [-0.2, -0.15) is 0 Å². The average molecular weight is 248 g/mol. The van der Waals surface area contributed by atoms with E-state index in [1.807, 2.05) is 25.3 Å². The molecule has 0 aromatic carbocycles. The van der Waals surface area contributed by atoms with Gasteiger partial charge in [0.15, 0.2) is 0 Å². The second-order valence-corrected chi connectivity index (χ2v) is 4.76. The molecule has 5 nitrogen and oxygen atoms in total. The Bertz CT molecular complexity index is 393. The molecule has 0 spiro atoms. The Morgan fingerprint density at radius 1 is 1.56 bits per heavy atom. The summed E-state index contributed by atoms with van der Waals surface area (Å²) in [6, 6.07) is 3.93. The van der Waals surface area contributed by atoms with Gasteiger partial charge in [-0.15, -0.1) is 0 Å². The van der Waals surface area contributed by atoms with Crippen LogP contribution in [0.2, 0.25) is 0 Å². The summed E-state index contributed by atoms with van der Waals surface area (Å²) in [6.07, 6.45) is 4.53. The number of rotatable bonds is 3. The number of carbonyl (C=O) groups is 1. The summed E-state index contributed by atoms with van der Waals surface area (Å²) in [5.41, 5.74) is 7.17. The fourth-order valence-electron chi connectivity index (χ4n) is 2.46. The molecule has 98 valence electrons. The van der Waals surface area contributed by atoms with E-state index >= 15 is 0 Å². The molecule has 2 heterocycles. The monoisotopic (exact) mass is 248 g/mol. The molecule has 0 bridgehead atoms. The summed E-state index contributed by atoms with van der Waals surface area (Å²) in [6.45, 7) is 4.00. The smallest absolute Gasteiger partial charge is 0.234 e. The normalized spacial score (nSPS) is 20.9. The first-order valence-electron chi connectivity index (χ1n) is 6.34. The summed E-state index contributed by atoms with van der Waals surface area (Å²) < 4.78 is 0. The Balaban J connectivity index is 2.21. The van der Waals surface area contributed by atoms with Crippen molar-refractivity contribution in [1.82, 2.24) is 15.2 Å². The third-order valence-electron chi connectivity index (χ3n) is 3.21.